The molecule has 0 aromatic rings. The number of nitrogens with zero attached hydrogens (tertiary/aromatic N) is 1. The van der Waals surface area contributed by atoms with E-state index in [1.54, 1.807) is 0 Å². The molecule has 0 amide bonds. The molecular formula is C16H35N. The van der Waals surface area contributed by atoms with Gasteiger partial charge in [0.15, 0.2) is 0 Å². The second-order valence-corrected chi connectivity index (χ2v) is 8.91. The van der Waals surface area contributed by atoms with E-state index in [1.807, 2.05) is 0 Å². The molecule has 0 saturated heterocycles. The molecule has 0 atom stereocenters. The fourth-order valence-corrected chi connectivity index (χ4v) is 2.83. The van der Waals surface area contributed by atoms with Crippen LogP contribution in [0.3, 0.4) is 0 Å². The van der Waals surface area contributed by atoms with Crippen molar-refractivity contribution < 1.29 is 0 Å². The maximum absolute atomic E-state index is 2.52. The highest BCUT2D eigenvalue weighted by atomic mass is 15.2. The van der Waals surface area contributed by atoms with E-state index in [1.165, 1.54) is 6.42 Å². The summed E-state index contributed by atoms with van der Waals surface area (Å²) >= 11 is 0. The Morgan fingerprint density at radius 1 is 0.706 bits per heavy atom. The van der Waals surface area contributed by atoms with Gasteiger partial charge >= 0.3 is 0 Å². The zero-order valence-corrected chi connectivity index (χ0v) is 14.2. The molecule has 0 saturated carbocycles. The van der Waals surface area contributed by atoms with E-state index in [-0.39, 0.29) is 16.5 Å². The van der Waals surface area contributed by atoms with Crippen LogP contribution in [0.25, 0.3) is 0 Å². The molecule has 0 aromatic heterocycles. The van der Waals surface area contributed by atoms with Gasteiger partial charge in [0, 0.05) is 11.1 Å². The SMILES string of the molecule is CN(C(C)(C)C)C(C)(C)C(C)(C)CC(C)(C)C. The van der Waals surface area contributed by atoms with Gasteiger partial charge in [-0.1, -0.05) is 34.6 Å². The number of hydrogen-bond donors (Lipinski definition) is 0. The predicted octanol–water partition coefficient (Wildman–Crippen LogP) is 4.96. The van der Waals surface area contributed by atoms with E-state index in [4.69, 9.17) is 0 Å². The molecule has 0 unspecified atom stereocenters. The van der Waals surface area contributed by atoms with Crippen molar-refractivity contribution in [2.75, 3.05) is 7.05 Å². The van der Waals surface area contributed by atoms with Gasteiger partial charge in [-0.05, 0) is 58.9 Å². The average Bonchev–Trinajstić information content (AvgIpc) is 1.95. The lowest BCUT2D eigenvalue weighted by atomic mass is 9.64. The first kappa shape index (κ1) is 17.0. The molecule has 0 spiro atoms. The third-order valence-electron chi connectivity index (χ3n) is 4.47. The molecule has 1 nitrogen and oxygen atoms in total. The van der Waals surface area contributed by atoms with Gasteiger partial charge in [0.05, 0.1) is 0 Å². The van der Waals surface area contributed by atoms with Gasteiger partial charge < -0.3 is 0 Å². The van der Waals surface area contributed by atoms with Crippen molar-refractivity contribution in [2.45, 2.75) is 86.7 Å². The van der Waals surface area contributed by atoms with Crippen molar-refractivity contribution in [1.29, 1.82) is 0 Å². The Labute approximate surface area is 110 Å². The first-order valence-corrected chi connectivity index (χ1v) is 6.85. The van der Waals surface area contributed by atoms with Crippen LogP contribution in [0.15, 0.2) is 0 Å². The first-order chi connectivity index (χ1) is 7.11. The Bertz CT molecular complexity index is 248. The van der Waals surface area contributed by atoms with Crippen LogP contribution in [0.2, 0.25) is 0 Å². The Hall–Kier alpha value is -0.0400. The molecule has 0 bridgehead atoms. The second-order valence-electron chi connectivity index (χ2n) is 8.91. The summed E-state index contributed by atoms with van der Waals surface area (Å²) in [6, 6.07) is 0. The quantitative estimate of drug-likeness (QED) is 0.675. The summed E-state index contributed by atoms with van der Waals surface area (Å²) in [5.41, 5.74) is 1.05. The smallest absolute Gasteiger partial charge is 0.0206 e. The fourth-order valence-electron chi connectivity index (χ4n) is 2.83. The number of rotatable bonds is 3. The highest BCUT2D eigenvalue weighted by Crippen LogP contribution is 2.45. The van der Waals surface area contributed by atoms with Crippen LogP contribution in [-0.2, 0) is 0 Å². The van der Waals surface area contributed by atoms with Crippen LogP contribution < -0.4 is 0 Å². The lowest BCUT2D eigenvalue weighted by Gasteiger charge is -2.54. The zero-order chi connectivity index (χ0) is 14.3. The maximum Gasteiger partial charge on any atom is 0.0206 e. The molecule has 0 aliphatic rings. The molecule has 1 heteroatoms. The van der Waals surface area contributed by atoms with E-state index in [9.17, 15) is 0 Å². The molecule has 0 fully saturated rings. The standard InChI is InChI=1S/C16H35N/c1-13(2,3)12-15(7,8)16(9,10)17(11)14(4,5)6/h12H2,1-11H3. The Balaban J connectivity index is 5.16. The summed E-state index contributed by atoms with van der Waals surface area (Å²) in [6.07, 6.45) is 1.23. The molecule has 0 aliphatic heterocycles. The minimum absolute atomic E-state index is 0.179. The van der Waals surface area contributed by atoms with Gasteiger partial charge in [-0.3, -0.25) is 4.90 Å². The van der Waals surface area contributed by atoms with Crippen molar-refractivity contribution in [3.05, 3.63) is 0 Å². The van der Waals surface area contributed by atoms with Crippen molar-refractivity contribution in [2.24, 2.45) is 10.8 Å². The Morgan fingerprint density at radius 3 is 1.29 bits per heavy atom. The minimum Gasteiger partial charge on any atom is -0.296 e. The summed E-state index contributed by atoms with van der Waals surface area (Å²) in [7, 11) is 2.25. The van der Waals surface area contributed by atoms with Gasteiger partial charge in [-0.2, -0.15) is 0 Å². The van der Waals surface area contributed by atoms with Crippen molar-refractivity contribution >= 4 is 0 Å². The van der Waals surface area contributed by atoms with Crippen molar-refractivity contribution in [3.8, 4) is 0 Å². The van der Waals surface area contributed by atoms with Crippen LogP contribution in [0.4, 0.5) is 0 Å². The molecule has 0 aromatic carbocycles. The van der Waals surface area contributed by atoms with Crippen LogP contribution in [-0.4, -0.2) is 23.0 Å². The number of hydrogen-bond acceptors (Lipinski definition) is 1. The zero-order valence-electron chi connectivity index (χ0n) is 14.2. The third kappa shape index (κ3) is 4.28. The summed E-state index contributed by atoms with van der Waals surface area (Å²) in [6.45, 7) is 23.5. The van der Waals surface area contributed by atoms with Gasteiger partial charge in [0.25, 0.3) is 0 Å². The second kappa shape index (κ2) is 4.57. The topological polar surface area (TPSA) is 3.24 Å². The van der Waals surface area contributed by atoms with Crippen molar-refractivity contribution in [3.63, 3.8) is 0 Å². The molecule has 0 rings (SSSR count). The normalized spacial score (nSPS) is 15.5. The van der Waals surface area contributed by atoms with Gasteiger partial charge in [0.2, 0.25) is 0 Å². The highest BCUT2D eigenvalue weighted by molar-refractivity contribution is 4.99. The van der Waals surface area contributed by atoms with Gasteiger partial charge in [-0.25, -0.2) is 0 Å². The third-order valence-corrected chi connectivity index (χ3v) is 4.47. The van der Waals surface area contributed by atoms with Crippen LogP contribution in [0, 0.1) is 10.8 Å². The van der Waals surface area contributed by atoms with Crippen LogP contribution in [0.5, 0.6) is 0 Å². The fraction of sp³-hybridized carbons (Fsp3) is 1.00. The molecule has 0 radical (unpaired) electrons. The summed E-state index contributed by atoms with van der Waals surface area (Å²) < 4.78 is 0. The molecule has 0 heterocycles. The maximum atomic E-state index is 2.52. The Kier molecular flexibility index (Phi) is 4.56. The van der Waals surface area contributed by atoms with E-state index in [2.05, 4.69) is 81.2 Å². The average molecular weight is 241 g/mol. The summed E-state index contributed by atoms with van der Waals surface area (Å²) in [4.78, 5) is 2.52. The van der Waals surface area contributed by atoms with E-state index in [0.29, 0.717) is 5.41 Å². The van der Waals surface area contributed by atoms with Crippen LogP contribution in [0.1, 0.15) is 75.7 Å². The summed E-state index contributed by atoms with van der Waals surface area (Å²) in [5.74, 6) is 0. The first-order valence-electron chi connectivity index (χ1n) is 6.85. The predicted molar refractivity (Wildman–Crippen MR) is 79.4 cm³/mol. The molecule has 0 N–H and O–H groups in total. The highest BCUT2D eigenvalue weighted by Gasteiger charge is 2.45. The lowest BCUT2D eigenvalue weighted by Crippen LogP contribution is -2.59. The molecule has 0 aliphatic carbocycles. The lowest BCUT2D eigenvalue weighted by molar-refractivity contribution is -0.0441. The van der Waals surface area contributed by atoms with E-state index in [0.717, 1.165) is 0 Å². The van der Waals surface area contributed by atoms with Crippen molar-refractivity contribution in [1.82, 2.24) is 4.90 Å². The van der Waals surface area contributed by atoms with E-state index < -0.39 is 0 Å². The molecule has 17 heavy (non-hydrogen) atoms. The Morgan fingerprint density at radius 2 is 1.06 bits per heavy atom. The largest absolute Gasteiger partial charge is 0.296 e. The van der Waals surface area contributed by atoms with Gasteiger partial charge in [-0.15, -0.1) is 0 Å². The van der Waals surface area contributed by atoms with E-state index >= 15 is 0 Å². The van der Waals surface area contributed by atoms with Crippen LogP contribution >= 0.6 is 0 Å². The molecule has 104 valence electrons. The van der Waals surface area contributed by atoms with Gasteiger partial charge in [0.1, 0.15) is 0 Å². The summed E-state index contributed by atoms with van der Waals surface area (Å²) in [5, 5.41) is 0. The minimum atomic E-state index is 0.179. The molecular weight excluding hydrogens is 206 g/mol. The monoisotopic (exact) mass is 241 g/mol.